The summed E-state index contributed by atoms with van der Waals surface area (Å²) in [7, 11) is 0. The Bertz CT molecular complexity index is 737. The fourth-order valence-corrected chi connectivity index (χ4v) is 3.36. The van der Waals surface area contributed by atoms with Gasteiger partial charge in [-0.3, -0.25) is 4.79 Å². The van der Waals surface area contributed by atoms with Crippen LogP contribution in [0.25, 0.3) is 0 Å². The Morgan fingerprint density at radius 2 is 1.79 bits per heavy atom. The molecule has 3 N–H and O–H groups in total. The molecule has 0 aromatic heterocycles. The molecule has 1 heterocycles. The van der Waals surface area contributed by atoms with Gasteiger partial charge in [-0.1, -0.05) is 15.9 Å². The van der Waals surface area contributed by atoms with Gasteiger partial charge in [-0.25, -0.2) is 0 Å². The number of benzene rings is 2. The van der Waals surface area contributed by atoms with E-state index in [1.165, 1.54) is 19.3 Å². The number of aryl methyl sites for hydroxylation is 1. The van der Waals surface area contributed by atoms with Crippen molar-refractivity contribution in [2.24, 2.45) is 0 Å². The third-order valence-electron chi connectivity index (χ3n) is 4.42. The van der Waals surface area contributed by atoms with Crippen molar-refractivity contribution in [2.45, 2.75) is 26.2 Å². The zero-order chi connectivity index (χ0) is 17.1. The lowest BCUT2D eigenvalue weighted by atomic mass is 10.1. The lowest BCUT2D eigenvalue weighted by Gasteiger charge is -2.31. The van der Waals surface area contributed by atoms with Gasteiger partial charge in [-0.15, -0.1) is 0 Å². The average molecular weight is 388 g/mol. The normalized spacial score (nSPS) is 14.5. The summed E-state index contributed by atoms with van der Waals surface area (Å²) in [6.45, 7) is 4.19. The molecule has 0 saturated carbocycles. The number of halogens is 1. The Kier molecular flexibility index (Phi) is 5.09. The van der Waals surface area contributed by atoms with Crippen molar-refractivity contribution in [3.8, 4) is 0 Å². The van der Waals surface area contributed by atoms with E-state index in [1.807, 2.05) is 24.3 Å². The highest BCUT2D eigenvalue weighted by Crippen LogP contribution is 2.31. The molecule has 0 aliphatic carbocycles. The fourth-order valence-electron chi connectivity index (χ4n) is 3.10. The molecule has 0 radical (unpaired) electrons. The molecule has 24 heavy (non-hydrogen) atoms. The number of nitrogens with one attached hydrogen (secondary N) is 1. The van der Waals surface area contributed by atoms with Crippen LogP contribution in [0.1, 0.15) is 35.2 Å². The van der Waals surface area contributed by atoms with Crippen molar-refractivity contribution < 1.29 is 4.79 Å². The largest absolute Gasteiger partial charge is 0.397 e. The monoisotopic (exact) mass is 387 g/mol. The van der Waals surface area contributed by atoms with Gasteiger partial charge in [0.05, 0.1) is 11.4 Å². The summed E-state index contributed by atoms with van der Waals surface area (Å²) >= 11 is 3.38. The summed E-state index contributed by atoms with van der Waals surface area (Å²) in [6.07, 6.45) is 3.71. The van der Waals surface area contributed by atoms with Crippen molar-refractivity contribution in [2.75, 3.05) is 29.0 Å². The van der Waals surface area contributed by atoms with E-state index in [0.29, 0.717) is 16.9 Å². The minimum absolute atomic E-state index is 0.150. The number of hydrogen-bond acceptors (Lipinski definition) is 3. The van der Waals surface area contributed by atoms with E-state index in [1.54, 1.807) is 12.1 Å². The minimum atomic E-state index is -0.150. The number of nitrogens with zero attached hydrogens (tertiary/aromatic N) is 1. The number of nitrogens with two attached hydrogens (primary N) is 1. The Hall–Kier alpha value is -2.01. The first-order chi connectivity index (χ1) is 11.5. The van der Waals surface area contributed by atoms with Gasteiger partial charge in [0.15, 0.2) is 0 Å². The van der Waals surface area contributed by atoms with Crippen molar-refractivity contribution >= 4 is 38.9 Å². The van der Waals surface area contributed by atoms with E-state index in [-0.39, 0.29) is 5.91 Å². The zero-order valence-corrected chi connectivity index (χ0v) is 15.4. The summed E-state index contributed by atoms with van der Waals surface area (Å²) in [5.74, 6) is -0.150. The molecule has 126 valence electrons. The lowest BCUT2D eigenvalue weighted by molar-refractivity contribution is 0.102. The summed E-state index contributed by atoms with van der Waals surface area (Å²) in [5, 5.41) is 2.95. The Morgan fingerprint density at radius 3 is 2.46 bits per heavy atom. The van der Waals surface area contributed by atoms with E-state index in [4.69, 9.17) is 5.73 Å². The van der Waals surface area contributed by atoms with Crippen molar-refractivity contribution in [3.05, 3.63) is 52.0 Å². The smallest absolute Gasteiger partial charge is 0.255 e. The molecule has 0 atom stereocenters. The Balaban J connectivity index is 1.84. The van der Waals surface area contributed by atoms with Gasteiger partial charge in [0.1, 0.15) is 0 Å². The number of anilines is 3. The molecule has 1 aliphatic rings. The van der Waals surface area contributed by atoms with Crippen LogP contribution in [-0.4, -0.2) is 19.0 Å². The molecule has 0 unspecified atom stereocenters. The van der Waals surface area contributed by atoms with Gasteiger partial charge in [-0.2, -0.15) is 0 Å². The van der Waals surface area contributed by atoms with Crippen molar-refractivity contribution in [1.82, 2.24) is 0 Å². The van der Waals surface area contributed by atoms with Crippen LogP contribution in [0.15, 0.2) is 40.9 Å². The first-order valence-electron chi connectivity index (χ1n) is 8.26. The number of nitrogen functional groups attached to an aromatic ring is 1. The predicted molar refractivity (Wildman–Crippen MR) is 104 cm³/mol. The molecule has 1 fully saturated rings. The molecular weight excluding hydrogens is 366 g/mol. The third kappa shape index (κ3) is 3.73. The number of rotatable bonds is 3. The molecule has 3 rings (SSSR count). The Morgan fingerprint density at radius 1 is 1.12 bits per heavy atom. The molecule has 1 amide bonds. The standard InChI is InChI=1S/C19H22BrN3O/c1-13-11-16(21)17(12-18(13)23-9-3-2-4-10-23)22-19(24)14-5-7-15(20)8-6-14/h5-8,11-12H,2-4,9-10,21H2,1H3,(H,22,24). The van der Waals surface area contributed by atoms with E-state index >= 15 is 0 Å². The highest BCUT2D eigenvalue weighted by atomic mass is 79.9. The first-order valence-corrected chi connectivity index (χ1v) is 9.06. The van der Waals surface area contributed by atoms with Crippen LogP contribution in [0, 0.1) is 6.92 Å². The van der Waals surface area contributed by atoms with Crippen LogP contribution in [0.4, 0.5) is 17.1 Å². The van der Waals surface area contributed by atoms with Crippen LogP contribution in [0.2, 0.25) is 0 Å². The predicted octanol–water partition coefficient (Wildman–Crippen LogP) is 4.58. The van der Waals surface area contributed by atoms with Crippen LogP contribution < -0.4 is 16.0 Å². The summed E-state index contributed by atoms with van der Waals surface area (Å²) in [6, 6.07) is 11.2. The SMILES string of the molecule is Cc1cc(N)c(NC(=O)c2ccc(Br)cc2)cc1N1CCCCC1. The molecular formula is C19H22BrN3O. The highest BCUT2D eigenvalue weighted by molar-refractivity contribution is 9.10. The van der Waals surface area contributed by atoms with Gasteiger partial charge in [-0.05, 0) is 68.1 Å². The average Bonchev–Trinajstić information content (AvgIpc) is 2.58. The van der Waals surface area contributed by atoms with Crippen LogP contribution in [-0.2, 0) is 0 Å². The molecule has 1 saturated heterocycles. The fraction of sp³-hybridized carbons (Fsp3) is 0.316. The van der Waals surface area contributed by atoms with E-state index in [0.717, 1.165) is 28.8 Å². The number of amides is 1. The summed E-state index contributed by atoms with van der Waals surface area (Å²) in [5.41, 5.74) is 10.3. The third-order valence-corrected chi connectivity index (χ3v) is 4.95. The molecule has 2 aromatic rings. The topological polar surface area (TPSA) is 58.4 Å². The van der Waals surface area contributed by atoms with Gasteiger partial charge in [0, 0.05) is 28.8 Å². The van der Waals surface area contributed by atoms with E-state index in [2.05, 4.69) is 33.1 Å². The maximum atomic E-state index is 12.5. The first kappa shape index (κ1) is 16.8. The van der Waals surface area contributed by atoms with Crippen LogP contribution in [0.3, 0.4) is 0 Å². The second-order valence-corrected chi connectivity index (χ2v) is 7.15. The summed E-state index contributed by atoms with van der Waals surface area (Å²) in [4.78, 5) is 14.8. The molecule has 0 bridgehead atoms. The molecule has 1 aliphatic heterocycles. The molecule has 4 nitrogen and oxygen atoms in total. The van der Waals surface area contributed by atoms with E-state index < -0.39 is 0 Å². The summed E-state index contributed by atoms with van der Waals surface area (Å²) < 4.78 is 0.946. The maximum absolute atomic E-state index is 12.5. The van der Waals surface area contributed by atoms with Gasteiger partial charge < -0.3 is 16.0 Å². The van der Waals surface area contributed by atoms with Gasteiger partial charge >= 0.3 is 0 Å². The number of carbonyl (C=O) groups is 1. The maximum Gasteiger partial charge on any atom is 0.255 e. The van der Waals surface area contributed by atoms with Crippen molar-refractivity contribution in [1.29, 1.82) is 0 Å². The minimum Gasteiger partial charge on any atom is -0.397 e. The number of piperidine rings is 1. The van der Waals surface area contributed by atoms with Crippen LogP contribution in [0.5, 0.6) is 0 Å². The molecule has 5 heteroatoms. The number of carbonyl (C=O) groups excluding carboxylic acids is 1. The quantitative estimate of drug-likeness (QED) is 0.757. The molecule has 2 aromatic carbocycles. The van der Waals surface area contributed by atoms with Gasteiger partial charge in [0.2, 0.25) is 0 Å². The highest BCUT2D eigenvalue weighted by Gasteiger charge is 2.16. The van der Waals surface area contributed by atoms with Crippen molar-refractivity contribution in [3.63, 3.8) is 0 Å². The zero-order valence-electron chi connectivity index (χ0n) is 13.8. The van der Waals surface area contributed by atoms with Gasteiger partial charge in [0.25, 0.3) is 5.91 Å². The number of hydrogen-bond donors (Lipinski definition) is 2. The Labute approximate surface area is 151 Å². The second-order valence-electron chi connectivity index (χ2n) is 6.23. The lowest BCUT2D eigenvalue weighted by Crippen LogP contribution is -2.30. The van der Waals surface area contributed by atoms with E-state index in [9.17, 15) is 4.79 Å². The van der Waals surface area contributed by atoms with Crippen LogP contribution >= 0.6 is 15.9 Å². The second kappa shape index (κ2) is 7.26. The molecule has 0 spiro atoms.